The summed E-state index contributed by atoms with van der Waals surface area (Å²) in [6, 6.07) is 18.0. The largest absolute Gasteiger partial charge is 0.481 e. The molecule has 5 nitrogen and oxygen atoms in total. The van der Waals surface area contributed by atoms with Crippen molar-refractivity contribution < 1.29 is 9.90 Å². The van der Waals surface area contributed by atoms with Crippen molar-refractivity contribution in [2.45, 2.75) is 12.8 Å². The van der Waals surface area contributed by atoms with Crippen molar-refractivity contribution in [3.8, 4) is 11.3 Å². The third kappa shape index (κ3) is 2.50. The highest BCUT2D eigenvalue weighted by Gasteiger charge is 2.13. The SMILES string of the molecule is O=C(O)CCc1cn2nc(-c3ccccc3)c3ccccc3c2n1. The van der Waals surface area contributed by atoms with Crippen LogP contribution in [0.5, 0.6) is 0 Å². The summed E-state index contributed by atoms with van der Waals surface area (Å²) in [5, 5.41) is 15.6. The number of benzene rings is 2. The topological polar surface area (TPSA) is 67.5 Å². The Morgan fingerprint density at radius 1 is 1.00 bits per heavy atom. The summed E-state index contributed by atoms with van der Waals surface area (Å²) in [6.45, 7) is 0. The van der Waals surface area contributed by atoms with Crippen LogP contribution in [0.2, 0.25) is 0 Å². The number of aliphatic carboxylic acids is 1. The molecule has 0 atom stereocenters. The number of rotatable bonds is 4. The molecule has 0 spiro atoms. The molecule has 2 aromatic heterocycles. The first-order valence-corrected chi connectivity index (χ1v) is 7.76. The first-order chi connectivity index (χ1) is 11.7. The summed E-state index contributed by atoms with van der Waals surface area (Å²) < 4.78 is 1.75. The van der Waals surface area contributed by atoms with Gasteiger partial charge >= 0.3 is 5.97 Å². The molecule has 0 amide bonds. The van der Waals surface area contributed by atoms with Gasteiger partial charge in [0, 0.05) is 22.8 Å². The van der Waals surface area contributed by atoms with E-state index < -0.39 is 5.97 Å². The molecule has 2 aromatic carbocycles. The van der Waals surface area contributed by atoms with Crippen LogP contribution in [0.15, 0.2) is 60.8 Å². The van der Waals surface area contributed by atoms with E-state index >= 15 is 0 Å². The van der Waals surface area contributed by atoms with Crippen LogP contribution in [-0.2, 0) is 11.2 Å². The molecule has 0 saturated heterocycles. The van der Waals surface area contributed by atoms with Crippen LogP contribution in [0.4, 0.5) is 0 Å². The number of fused-ring (bicyclic) bond motifs is 3. The van der Waals surface area contributed by atoms with Gasteiger partial charge in [0.2, 0.25) is 0 Å². The fourth-order valence-electron chi connectivity index (χ4n) is 2.89. The fraction of sp³-hybridized carbons (Fsp3) is 0.105. The molecule has 1 N–H and O–H groups in total. The van der Waals surface area contributed by atoms with Crippen molar-refractivity contribution in [2.75, 3.05) is 0 Å². The zero-order valence-corrected chi connectivity index (χ0v) is 12.9. The van der Waals surface area contributed by atoms with Crippen molar-refractivity contribution in [1.82, 2.24) is 14.6 Å². The molecule has 0 fully saturated rings. The second kappa shape index (κ2) is 5.77. The van der Waals surface area contributed by atoms with Gasteiger partial charge in [0.05, 0.1) is 24.0 Å². The van der Waals surface area contributed by atoms with Gasteiger partial charge in [-0.25, -0.2) is 9.50 Å². The lowest BCUT2D eigenvalue weighted by Crippen LogP contribution is -1.97. The van der Waals surface area contributed by atoms with Crippen LogP contribution in [0.3, 0.4) is 0 Å². The lowest BCUT2D eigenvalue weighted by atomic mass is 10.1. The summed E-state index contributed by atoms with van der Waals surface area (Å²) in [7, 11) is 0. The van der Waals surface area contributed by atoms with E-state index in [1.807, 2.05) is 60.8 Å². The lowest BCUT2D eigenvalue weighted by molar-refractivity contribution is -0.136. The van der Waals surface area contributed by atoms with E-state index in [1.165, 1.54) is 0 Å². The summed E-state index contributed by atoms with van der Waals surface area (Å²) in [5.74, 6) is -0.824. The average Bonchev–Trinajstić information content (AvgIpc) is 3.03. The van der Waals surface area contributed by atoms with E-state index in [1.54, 1.807) is 4.52 Å². The van der Waals surface area contributed by atoms with E-state index in [9.17, 15) is 4.79 Å². The zero-order valence-electron chi connectivity index (χ0n) is 12.9. The van der Waals surface area contributed by atoms with Gasteiger partial charge in [-0.05, 0) is 0 Å². The molecule has 0 aliphatic heterocycles. The van der Waals surface area contributed by atoms with Crippen molar-refractivity contribution in [1.29, 1.82) is 0 Å². The van der Waals surface area contributed by atoms with Crippen molar-refractivity contribution in [3.05, 3.63) is 66.5 Å². The number of carboxylic acids is 1. The van der Waals surface area contributed by atoms with E-state index in [4.69, 9.17) is 10.2 Å². The minimum atomic E-state index is -0.824. The molecule has 0 saturated carbocycles. The van der Waals surface area contributed by atoms with E-state index in [2.05, 4.69) is 4.98 Å². The van der Waals surface area contributed by atoms with Crippen molar-refractivity contribution in [2.24, 2.45) is 0 Å². The highest BCUT2D eigenvalue weighted by atomic mass is 16.4. The molecule has 0 aliphatic carbocycles. The number of hydrogen-bond acceptors (Lipinski definition) is 3. The Hall–Kier alpha value is -3.21. The number of imidazole rings is 1. The zero-order chi connectivity index (χ0) is 16.5. The van der Waals surface area contributed by atoms with E-state index in [0.29, 0.717) is 6.42 Å². The van der Waals surface area contributed by atoms with Crippen LogP contribution in [-0.4, -0.2) is 25.7 Å². The molecular formula is C19H15N3O2. The Balaban J connectivity index is 1.94. The van der Waals surface area contributed by atoms with Gasteiger partial charge in [0.25, 0.3) is 0 Å². The highest BCUT2D eigenvalue weighted by Crippen LogP contribution is 2.28. The maximum Gasteiger partial charge on any atom is 0.303 e. The summed E-state index contributed by atoms with van der Waals surface area (Å²) in [5.41, 5.74) is 3.42. The van der Waals surface area contributed by atoms with Crippen LogP contribution < -0.4 is 0 Å². The normalized spacial score (nSPS) is 11.2. The summed E-state index contributed by atoms with van der Waals surface area (Å²) >= 11 is 0. The van der Waals surface area contributed by atoms with Gasteiger partial charge in [-0.15, -0.1) is 0 Å². The monoisotopic (exact) mass is 317 g/mol. The van der Waals surface area contributed by atoms with Crippen LogP contribution in [0.1, 0.15) is 12.1 Å². The summed E-state index contributed by atoms with van der Waals surface area (Å²) in [6.07, 6.45) is 2.28. The number of aryl methyl sites for hydroxylation is 1. The first-order valence-electron chi connectivity index (χ1n) is 7.76. The Morgan fingerprint density at radius 3 is 2.46 bits per heavy atom. The number of carboxylic acid groups (broad SMARTS) is 1. The molecule has 118 valence electrons. The number of aromatic nitrogens is 3. The predicted octanol–water partition coefficient (Wildman–Crippen LogP) is 3.57. The average molecular weight is 317 g/mol. The quantitative estimate of drug-likeness (QED) is 0.625. The molecule has 0 unspecified atom stereocenters. The van der Waals surface area contributed by atoms with E-state index in [0.717, 1.165) is 33.4 Å². The van der Waals surface area contributed by atoms with E-state index in [-0.39, 0.29) is 6.42 Å². The maximum absolute atomic E-state index is 10.8. The molecule has 5 heteroatoms. The molecule has 4 rings (SSSR count). The molecule has 0 aliphatic rings. The number of carbonyl (C=O) groups is 1. The fourth-order valence-corrected chi connectivity index (χ4v) is 2.89. The molecule has 4 aromatic rings. The van der Waals surface area contributed by atoms with Gasteiger partial charge in [0.15, 0.2) is 5.65 Å². The Morgan fingerprint density at radius 2 is 1.71 bits per heavy atom. The van der Waals surface area contributed by atoms with Crippen molar-refractivity contribution in [3.63, 3.8) is 0 Å². The minimum absolute atomic E-state index is 0.0629. The molecule has 0 radical (unpaired) electrons. The van der Waals surface area contributed by atoms with Gasteiger partial charge in [-0.3, -0.25) is 4.79 Å². The minimum Gasteiger partial charge on any atom is -0.481 e. The lowest BCUT2D eigenvalue weighted by Gasteiger charge is -2.07. The van der Waals surface area contributed by atoms with Gasteiger partial charge < -0.3 is 5.11 Å². The molecule has 0 bridgehead atoms. The van der Waals surface area contributed by atoms with Crippen molar-refractivity contribution >= 4 is 22.4 Å². The maximum atomic E-state index is 10.8. The van der Waals surface area contributed by atoms with Crippen LogP contribution in [0, 0.1) is 0 Å². The smallest absolute Gasteiger partial charge is 0.303 e. The third-order valence-electron chi connectivity index (χ3n) is 4.01. The van der Waals surface area contributed by atoms with Gasteiger partial charge in [-0.1, -0.05) is 54.6 Å². The standard InChI is InChI=1S/C19H15N3O2/c23-17(24)11-10-14-12-22-19(20-14)16-9-5-4-8-15(16)18(21-22)13-6-2-1-3-7-13/h1-9,12H,10-11H2,(H,23,24). The number of nitrogens with zero attached hydrogens (tertiary/aromatic N) is 3. The highest BCUT2D eigenvalue weighted by molar-refractivity contribution is 6.01. The van der Waals surface area contributed by atoms with Gasteiger partial charge in [-0.2, -0.15) is 5.10 Å². The second-order valence-electron chi connectivity index (χ2n) is 5.65. The Bertz CT molecular complexity index is 1040. The Labute approximate surface area is 138 Å². The summed E-state index contributed by atoms with van der Waals surface area (Å²) in [4.78, 5) is 15.4. The molecule has 24 heavy (non-hydrogen) atoms. The van der Waals surface area contributed by atoms with Gasteiger partial charge in [0.1, 0.15) is 0 Å². The first kappa shape index (κ1) is 14.4. The van der Waals surface area contributed by atoms with Crippen LogP contribution in [0.25, 0.3) is 27.7 Å². The molecule has 2 heterocycles. The second-order valence-corrected chi connectivity index (χ2v) is 5.65. The Kier molecular flexibility index (Phi) is 3.46. The predicted molar refractivity (Wildman–Crippen MR) is 91.9 cm³/mol. The van der Waals surface area contributed by atoms with Crippen LogP contribution >= 0.6 is 0 Å². The third-order valence-corrected chi connectivity index (χ3v) is 4.01. The number of hydrogen-bond donors (Lipinski definition) is 1. The molecular weight excluding hydrogens is 302 g/mol.